The molecule has 4 nitrogen and oxygen atoms in total. The molecule has 4 heteroatoms. The largest absolute Gasteiger partial charge is 0.508 e. The molecule has 1 aliphatic carbocycles. The SMILES string of the molecule is O=C(NCc1ccc(O)cc1)C1CCC2CCCCC2N1. The molecule has 2 aliphatic rings. The van der Waals surface area contributed by atoms with Gasteiger partial charge in [0.2, 0.25) is 5.91 Å². The third-order valence-corrected chi connectivity index (χ3v) is 4.87. The lowest BCUT2D eigenvalue weighted by atomic mass is 9.77. The van der Waals surface area contributed by atoms with Gasteiger partial charge in [0.05, 0.1) is 6.04 Å². The molecule has 0 aromatic heterocycles. The number of hydrogen-bond donors (Lipinski definition) is 3. The Morgan fingerprint density at radius 2 is 1.90 bits per heavy atom. The number of carbonyl (C=O) groups is 1. The summed E-state index contributed by atoms with van der Waals surface area (Å²) in [7, 11) is 0. The van der Waals surface area contributed by atoms with Crippen LogP contribution in [0, 0.1) is 5.92 Å². The first kappa shape index (κ1) is 14.4. The first-order chi connectivity index (χ1) is 10.2. The Labute approximate surface area is 125 Å². The average Bonchev–Trinajstić information content (AvgIpc) is 2.53. The van der Waals surface area contributed by atoms with Crippen molar-refractivity contribution < 1.29 is 9.90 Å². The maximum absolute atomic E-state index is 12.3. The van der Waals surface area contributed by atoms with Crippen LogP contribution in [0.3, 0.4) is 0 Å². The number of carbonyl (C=O) groups excluding carboxylic acids is 1. The number of phenolic OH excluding ortho intramolecular Hbond substituents is 1. The van der Waals surface area contributed by atoms with Gasteiger partial charge in [0.25, 0.3) is 0 Å². The summed E-state index contributed by atoms with van der Waals surface area (Å²) in [5.74, 6) is 1.13. The quantitative estimate of drug-likeness (QED) is 0.800. The van der Waals surface area contributed by atoms with Crippen LogP contribution in [0.25, 0.3) is 0 Å². The molecule has 0 bridgehead atoms. The van der Waals surface area contributed by atoms with Gasteiger partial charge < -0.3 is 15.7 Å². The van der Waals surface area contributed by atoms with Crippen molar-refractivity contribution in [2.75, 3.05) is 0 Å². The normalized spacial score (nSPS) is 28.7. The summed E-state index contributed by atoms with van der Waals surface area (Å²) >= 11 is 0. The van der Waals surface area contributed by atoms with E-state index >= 15 is 0 Å². The Balaban J connectivity index is 1.50. The van der Waals surface area contributed by atoms with Crippen LogP contribution < -0.4 is 10.6 Å². The van der Waals surface area contributed by atoms with E-state index in [1.54, 1.807) is 12.1 Å². The molecule has 1 heterocycles. The first-order valence-corrected chi connectivity index (χ1v) is 8.04. The van der Waals surface area contributed by atoms with Gasteiger partial charge in [-0.05, 0) is 49.3 Å². The van der Waals surface area contributed by atoms with E-state index in [2.05, 4.69) is 10.6 Å². The van der Waals surface area contributed by atoms with Crippen molar-refractivity contribution in [2.45, 2.75) is 57.2 Å². The standard InChI is InChI=1S/C17H24N2O2/c20-14-8-5-12(6-9-14)11-18-17(21)16-10-7-13-3-1-2-4-15(13)19-16/h5-6,8-9,13,15-16,19-20H,1-4,7,10-11H2,(H,18,21). The smallest absolute Gasteiger partial charge is 0.237 e. The second-order valence-corrected chi connectivity index (χ2v) is 6.33. The summed E-state index contributed by atoms with van der Waals surface area (Å²) in [6.07, 6.45) is 7.29. The van der Waals surface area contributed by atoms with Gasteiger partial charge in [0.1, 0.15) is 5.75 Å². The van der Waals surface area contributed by atoms with Gasteiger partial charge >= 0.3 is 0 Å². The van der Waals surface area contributed by atoms with Gasteiger partial charge in [0, 0.05) is 12.6 Å². The summed E-state index contributed by atoms with van der Waals surface area (Å²) in [6.45, 7) is 0.519. The first-order valence-electron chi connectivity index (χ1n) is 8.04. The lowest BCUT2D eigenvalue weighted by molar-refractivity contribution is -0.124. The number of rotatable bonds is 3. The highest BCUT2D eigenvalue weighted by molar-refractivity contribution is 5.81. The molecule has 0 radical (unpaired) electrons. The Morgan fingerprint density at radius 1 is 1.14 bits per heavy atom. The third kappa shape index (κ3) is 3.56. The summed E-state index contributed by atoms with van der Waals surface area (Å²) in [5, 5.41) is 15.8. The van der Waals surface area contributed by atoms with E-state index < -0.39 is 0 Å². The zero-order valence-corrected chi connectivity index (χ0v) is 12.3. The van der Waals surface area contributed by atoms with Crippen molar-refractivity contribution in [3.8, 4) is 5.75 Å². The Hall–Kier alpha value is -1.55. The Bertz CT molecular complexity index is 486. The number of benzene rings is 1. The van der Waals surface area contributed by atoms with Crippen LogP contribution in [0.5, 0.6) is 5.75 Å². The number of nitrogens with one attached hydrogen (secondary N) is 2. The fourth-order valence-electron chi connectivity index (χ4n) is 3.63. The van der Waals surface area contributed by atoms with Crippen molar-refractivity contribution in [3.63, 3.8) is 0 Å². The van der Waals surface area contributed by atoms with Crippen LogP contribution in [0.1, 0.15) is 44.1 Å². The van der Waals surface area contributed by atoms with E-state index in [-0.39, 0.29) is 17.7 Å². The molecule has 1 aromatic carbocycles. The molecule has 1 aromatic rings. The van der Waals surface area contributed by atoms with Gasteiger partial charge in [-0.15, -0.1) is 0 Å². The minimum Gasteiger partial charge on any atom is -0.508 e. The van der Waals surface area contributed by atoms with E-state index in [1.165, 1.54) is 32.1 Å². The molecule has 21 heavy (non-hydrogen) atoms. The fourth-order valence-corrected chi connectivity index (χ4v) is 3.63. The van der Waals surface area contributed by atoms with Crippen LogP contribution in [-0.2, 0) is 11.3 Å². The van der Waals surface area contributed by atoms with E-state index in [0.29, 0.717) is 12.6 Å². The van der Waals surface area contributed by atoms with Crippen LogP contribution in [0.15, 0.2) is 24.3 Å². The van der Waals surface area contributed by atoms with Crippen molar-refractivity contribution in [2.24, 2.45) is 5.92 Å². The fraction of sp³-hybridized carbons (Fsp3) is 0.588. The minimum atomic E-state index is -0.0403. The molecule has 1 aliphatic heterocycles. The predicted octanol–water partition coefficient (Wildman–Crippen LogP) is 2.32. The highest BCUT2D eigenvalue weighted by Gasteiger charge is 2.34. The molecule has 3 atom stereocenters. The molecule has 0 spiro atoms. The number of fused-ring (bicyclic) bond motifs is 1. The second-order valence-electron chi connectivity index (χ2n) is 6.33. The molecular weight excluding hydrogens is 264 g/mol. The maximum Gasteiger partial charge on any atom is 0.237 e. The Kier molecular flexibility index (Phi) is 4.44. The van der Waals surface area contributed by atoms with Gasteiger partial charge in [-0.25, -0.2) is 0 Å². The lowest BCUT2D eigenvalue weighted by Gasteiger charge is -2.39. The summed E-state index contributed by atoms with van der Waals surface area (Å²) in [4.78, 5) is 12.3. The molecule has 3 rings (SSSR count). The Morgan fingerprint density at radius 3 is 2.71 bits per heavy atom. The molecule has 1 saturated carbocycles. The summed E-state index contributed by atoms with van der Waals surface area (Å²) in [5.41, 5.74) is 1.01. The van der Waals surface area contributed by atoms with Crippen LogP contribution in [0.4, 0.5) is 0 Å². The number of hydrogen-bond acceptors (Lipinski definition) is 3. The van der Waals surface area contributed by atoms with Gasteiger partial charge in [0.15, 0.2) is 0 Å². The number of amides is 1. The minimum absolute atomic E-state index is 0.0403. The number of phenols is 1. The summed E-state index contributed by atoms with van der Waals surface area (Å²) < 4.78 is 0. The highest BCUT2D eigenvalue weighted by atomic mass is 16.3. The monoisotopic (exact) mass is 288 g/mol. The van der Waals surface area contributed by atoms with Gasteiger partial charge in [-0.3, -0.25) is 4.79 Å². The molecule has 3 N–H and O–H groups in total. The van der Waals surface area contributed by atoms with Crippen molar-refractivity contribution >= 4 is 5.91 Å². The van der Waals surface area contributed by atoms with E-state index in [1.807, 2.05) is 12.1 Å². The topological polar surface area (TPSA) is 61.4 Å². The number of aromatic hydroxyl groups is 1. The highest BCUT2D eigenvalue weighted by Crippen LogP contribution is 2.32. The number of piperidine rings is 1. The van der Waals surface area contributed by atoms with Crippen molar-refractivity contribution in [1.29, 1.82) is 0 Å². The molecule has 1 amide bonds. The van der Waals surface area contributed by atoms with Crippen LogP contribution in [-0.4, -0.2) is 23.1 Å². The van der Waals surface area contributed by atoms with E-state index in [0.717, 1.165) is 17.9 Å². The average molecular weight is 288 g/mol. The maximum atomic E-state index is 12.3. The van der Waals surface area contributed by atoms with Crippen LogP contribution >= 0.6 is 0 Å². The van der Waals surface area contributed by atoms with E-state index in [9.17, 15) is 9.90 Å². The van der Waals surface area contributed by atoms with E-state index in [4.69, 9.17) is 0 Å². The molecular formula is C17H24N2O2. The molecule has 1 saturated heterocycles. The van der Waals surface area contributed by atoms with Crippen molar-refractivity contribution in [1.82, 2.24) is 10.6 Å². The molecule has 114 valence electrons. The predicted molar refractivity (Wildman–Crippen MR) is 81.9 cm³/mol. The molecule has 2 fully saturated rings. The molecule has 3 unspecified atom stereocenters. The zero-order valence-electron chi connectivity index (χ0n) is 12.3. The second kappa shape index (κ2) is 6.48. The third-order valence-electron chi connectivity index (χ3n) is 4.87. The van der Waals surface area contributed by atoms with Gasteiger partial charge in [-0.1, -0.05) is 25.0 Å². The van der Waals surface area contributed by atoms with Crippen molar-refractivity contribution in [3.05, 3.63) is 29.8 Å². The zero-order chi connectivity index (χ0) is 14.7. The summed E-state index contributed by atoms with van der Waals surface area (Å²) in [6, 6.07) is 7.46. The lowest BCUT2D eigenvalue weighted by Crippen LogP contribution is -2.54. The van der Waals surface area contributed by atoms with Crippen LogP contribution in [0.2, 0.25) is 0 Å². The van der Waals surface area contributed by atoms with Gasteiger partial charge in [-0.2, -0.15) is 0 Å².